The van der Waals surface area contributed by atoms with Crippen molar-refractivity contribution in [2.24, 2.45) is 0 Å². The number of para-hydroxylation sites is 2. The molecular weight excluding hydrogens is 956 g/mol. The first-order chi connectivity index (χ1) is 37.7. The van der Waals surface area contributed by atoms with Gasteiger partial charge >= 0.3 is 0 Å². The molecule has 0 spiro atoms. The van der Waals surface area contributed by atoms with E-state index >= 15 is 0 Å². The molecule has 5 heterocycles. The van der Waals surface area contributed by atoms with E-state index in [9.17, 15) is 0 Å². The van der Waals surface area contributed by atoms with Crippen LogP contribution in [0.15, 0.2) is 188 Å². The number of rotatable bonds is 5. The topological polar surface area (TPSA) is 35.6 Å². The molecule has 0 amide bonds. The SMILES string of the molecule is CC(C)(C)c1cc(-c2ccc3c(c2)c2cccc4c2n3-c2cc(-c3nc(-c5ccccc5)cc(-c5ccccc5)n3)cc3c2B4c2cccc4c5cc(-c6cc(C(C)(C)C)cc(C(C)(C)C)c6)ccc5n-3c24)cc(C(C)(C)C)c1. The third-order valence-corrected chi connectivity index (χ3v) is 17.3. The van der Waals surface area contributed by atoms with Gasteiger partial charge in [0.15, 0.2) is 5.82 Å². The molecule has 3 aromatic heterocycles. The molecule has 0 saturated carbocycles. The van der Waals surface area contributed by atoms with Gasteiger partial charge in [-0.05, 0) is 125 Å². The average molecular weight is 1020 g/mol. The predicted molar refractivity (Wildman–Crippen MR) is 337 cm³/mol. The van der Waals surface area contributed by atoms with E-state index in [0.29, 0.717) is 5.82 Å². The zero-order valence-corrected chi connectivity index (χ0v) is 47.8. The molecule has 0 bridgehead atoms. The van der Waals surface area contributed by atoms with Crippen LogP contribution in [0.2, 0.25) is 0 Å². The summed E-state index contributed by atoms with van der Waals surface area (Å²) in [5.74, 6) is 0.695. The Hall–Kier alpha value is -8.28. The van der Waals surface area contributed by atoms with Crippen LogP contribution in [0.25, 0.3) is 111 Å². The zero-order valence-electron chi connectivity index (χ0n) is 47.8. The smallest absolute Gasteiger partial charge is 0.252 e. The van der Waals surface area contributed by atoms with Gasteiger partial charge in [-0.2, -0.15) is 0 Å². The molecule has 14 rings (SSSR count). The average Bonchev–Trinajstić information content (AvgIpc) is 3.01. The van der Waals surface area contributed by atoms with Crippen LogP contribution in [-0.4, -0.2) is 25.8 Å². The Balaban J connectivity index is 1.06. The van der Waals surface area contributed by atoms with E-state index in [4.69, 9.17) is 9.97 Å². The number of aromatic nitrogens is 4. The highest BCUT2D eigenvalue weighted by atomic mass is 15.0. The van der Waals surface area contributed by atoms with E-state index in [2.05, 4.69) is 280 Å². The van der Waals surface area contributed by atoms with Gasteiger partial charge in [0.2, 0.25) is 0 Å². The molecule has 2 aliphatic rings. The summed E-state index contributed by atoms with van der Waals surface area (Å²) in [6.07, 6.45) is 0. The zero-order chi connectivity index (χ0) is 54.7. The molecule has 0 N–H and O–H groups in total. The Bertz CT molecular complexity index is 4160. The summed E-state index contributed by atoms with van der Waals surface area (Å²) >= 11 is 0. The maximum Gasteiger partial charge on any atom is 0.252 e. The molecule has 0 fully saturated rings. The molecule has 9 aromatic carbocycles. The van der Waals surface area contributed by atoms with Crippen LogP contribution in [-0.2, 0) is 21.7 Å². The highest BCUT2D eigenvalue weighted by molar-refractivity contribution is 7.00. The lowest BCUT2D eigenvalue weighted by Gasteiger charge is -2.34. The van der Waals surface area contributed by atoms with Crippen LogP contribution >= 0.6 is 0 Å². The van der Waals surface area contributed by atoms with Gasteiger partial charge in [-0.3, -0.25) is 0 Å². The van der Waals surface area contributed by atoms with Crippen molar-refractivity contribution in [1.29, 1.82) is 0 Å². The van der Waals surface area contributed by atoms with E-state index < -0.39 is 0 Å². The fraction of sp³-hybridized carbons (Fsp3) is 0.216. The van der Waals surface area contributed by atoms with Crippen LogP contribution in [0.5, 0.6) is 0 Å². The standard InChI is InChI=1S/C74H67BN4/c1-71(2,3)51-33-48(34-52(41-51)72(4,5)6)46-29-31-63-57(37-46)55-25-19-27-59-68(55)78(63)65-39-50(70-76-61(44-21-15-13-16-22-44)43-62(77-70)45-23-17-14-18-24-45)40-66-67(65)75(59)60-28-20-26-56-58-38-47(30-32-64(58)79(66)69(56)60)49-35-53(73(7,8)9)42-54(36-49)74(10,11)12/h13-43H,1-12H3. The molecule has 0 saturated heterocycles. The van der Waals surface area contributed by atoms with Crippen molar-refractivity contribution in [2.75, 3.05) is 0 Å². The molecule has 0 unspecified atom stereocenters. The summed E-state index contributed by atoms with van der Waals surface area (Å²) in [6.45, 7) is 27.9. The van der Waals surface area contributed by atoms with Crippen LogP contribution < -0.4 is 16.4 Å². The van der Waals surface area contributed by atoms with Crippen molar-refractivity contribution >= 4 is 66.7 Å². The summed E-state index contributed by atoms with van der Waals surface area (Å²) in [5, 5.41) is 5.03. The van der Waals surface area contributed by atoms with Crippen LogP contribution in [0.3, 0.4) is 0 Å². The lowest BCUT2D eigenvalue weighted by atomic mass is 9.34. The van der Waals surface area contributed by atoms with Gasteiger partial charge in [0.1, 0.15) is 0 Å². The van der Waals surface area contributed by atoms with Crippen molar-refractivity contribution in [3.63, 3.8) is 0 Å². The number of fused-ring (bicyclic) bond motifs is 10. The van der Waals surface area contributed by atoms with Crippen molar-refractivity contribution in [3.05, 3.63) is 210 Å². The Kier molecular flexibility index (Phi) is 10.6. The molecule has 79 heavy (non-hydrogen) atoms. The van der Waals surface area contributed by atoms with Crippen LogP contribution in [0.4, 0.5) is 0 Å². The Morgan fingerprint density at radius 3 is 1.09 bits per heavy atom. The second kappa shape index (κ2) is 17.1. The highest BCUT2D eigenvalue weighted by Gasteiger charge is 2.41. The normalized spacial score (nSPS) is 13.3. The van der Waals surface area contributed by atoms with Crippen LogP contribution in [0.1, 0.15) is 105 Å². The summed E-state index contributed by atoms with van der Waals surface area (Å²) in [6, 6.07) is 71.1. The molecule has 4 nitrogen and oxygen atoms in total. The van der Waals surface area contributed by atoms with Gasteiger partial charge < -0.3 is 9.13 Å². The van der Waals surface area contributed by atoms with Gasteiger partial charge in [-0.25, -0.2) is 9.97 Å². The molecule has 386 valence electrons. The molecular formula is C74H67BN4. The number of hydrogen-bond acceptors (Lipinski definition) is 2. The van der Waals surface area contributed by atoms with E-state index in [1.807, 2.05) is 0 Å². The van der Waals surface area contributed by atoms with Crippen molar-refractivity contribution in [2.45, 2.75) is 105 Å². The summed E-state index contributed by atoms with van der Waals surface area (Å²) in [7, 11) is 0. The molecule has 0 atom stereocenters. The summed E-state index contributed by atoms with van der Waals surface area (Å²) < 4.78 is 5.16. The van der Waals surface area contributed by atoms with E-state index in [-0.39, 0.29) is 28.4 Å². The van der Waals surface area contributed by atoms with Crippen molar-refractivity contribution in [3.8, 4) is 67.5 Å². The molecule has 0 radical (unpaired) electrons. The predicted octanol–water partition coefficient (Wildman–Crippen LogP) is 17.3. The minimum absolute atomic E-state index is 0.00000841. The quantitative estimate of drug-likeness (QED) is 0.161. The van der Waals surface area contributed by atoms with E-state index in [0.717, 1.165) is 28.1 Å². The van der Waals surface area contributed by atoms with Gasteiger partial charge in [0, 0.05) is 60.6 Å². The second-order valence-electron chi connectivity index (χ2n) is 26.8. The van der Waals surface area contributed by atoms with Gasteiger partial charge in [0.05, 0.1) is 22.4 Å². The maximum absolute atomic E-state index is 5.50. The Labute approximate surface area is 465 Å². The van der Waals surface area contributed by atoms with Gasteiger partial charge in [0.25, 0.3) is 6.71 Å². The first-order valence-electron chi connectivity index (χ1n) is 28.3. The Morgan fingerprint density at radius 2 is 0.709 bits per heavy atom. The number of hydrogen-bond donors (Lipinski definition) is 0. The van der Waals surface area contributed by atoms with E-state index in [1.165, 1.54) is 116 Å². The summed E-state index contributed by atoms with van der Waals surface area (Å²) in [5.41, 5.74) is 26.4. The molecule has 0 aliphatic carbocycles. The van der Waals surface area contributed by atoms with E-state index in [1.54, 1.807) is 0 Å². The maximum atomic E-state index is 5.50. The van der Waals surface area contributed by atoms with Crippen molar-refractivity contribution < 1.29 is 0 Å². The lowest BCUT2D eigenvalue weighted by molar-refractivity contribution is 0.568. The van der Waals surface area contributed by atoms with Gasteiger partial charge in [-0.15, -0.1) is 0 Å². The van der Waals surface area contributed by atoms with Gasteiger partial charge in [-0.1, -0.05) is 229 Å². The fourth-order valence-electron chi connectivity index (χ4n) is 12.8. The first kappa shape index (κ1) is 49.1. The lowest BCUT2D eigenvalue weighted by Crippen LogP contribution is -2.59. The number of nitrogens with zero attached hydrogens (tertiary/aromatic N) is 4. The monoisotopic (exact) mass is 1020 g/mol. The summed E-state index contributed by atoms with van der Waals surface area (Å²) in [4.78, 5) is 11.0. The highest BCUT2D eigenvalue weighted by Crippen LogP contribution is 2.44. The largest absolute Gasteiger partial charge is 0.310 e. The minimum atomic E-state index is -0.0221. The van der Waals surface area contributed by atoms with Crippen molar-refractivity contribution in [1.82, 2.24) is 19.1 Å². The third kappa shape index (κ3) is 7.86. The Morgan fingerprint density at radius 1 is 0.316 bits per heavy atom. The molecule has 12 aromatic rings. The second-order valence-corrected chi connectivity index (χ2v) is 26.8. The molecule has 5 heteroatoms. The van der Waals surface area contributed by atoms with Crippen LogP contribution in [0, 0.1) is 0 Å². The molecule has 2 aliphatic heterocycles. The minimum Gasteiger partial charge on any atom is -0.310 e. The number of benzene rings is 9. The third-order valence-electron chi connectivity index (χ3n) is 17.3. The first-order valence-corrected chi connectivity index (χ1v) is 28.3. The fourth-order valence-corrected chi connectivity index (χ4v) is 12.8.